The normalized spacial score (nSPS) is 16.4. The molecule has 18 heavy (non-hydrogen) atoms. The largest absolute Gasteiger partial charge is 0.399 e. The first-order valence-electron chi connectivity index (χ1n) is 6.81. The third kappa shape index (κ3) is 1.61. The number of anilines is 1. The van der Waals surface area contributed by atoms with Gasteiger partial charge in [0.25, 0.3) is 0 Å². The van der Waals surface area contributed by atoms with Crippen LogP contribution in [0.25, 0.3) is 11.0 Å². The second-order valence-electron chi connectivity index (χ2n) is 5.89. The lowest BCUT2D eigenvalue weighted by Gasteiger charge is -2.29. The van der Waals surface area contributed by atoms with Gasteiger partial charge in [0.1, 0.15) is 5.82 Å². The van der Waals surface area contributed by atoms with Gasteiger partial charge in [0, 0.05) is 17.6 Å². The highest BCUT2D eigenvalue weighted by Crippen LogP contribution is 2.45. The fourth-order valence-corrected chi connectivity index (χ4v) is 3.00. The minimum Gasteiger partial charge on any atom is -0.399 e. The van der Waals surface area contributed by atoms with Gasteiger partial charge in [-0.2, -0.15) is 0 Å². The van der Waals surface area contributed by atoms with Crippen molar-refractivity contribution in [3.05, 3.63) is 24.0 Å². The Morgan fingerprint density at radius 1 is 1.39 bits per heavy atom. The monoisotopic (exact) mass is 243 g/mol. The predicted octanol–water partition coefficient (Wildman–Crippen LogP) is 3.33. The van der Waals surface area contributed by atoms with Crippen LogP contribution in [0.2, 0.25) is 0 Å². The van der Waals surface area contributed by atoms with Crippen molar-refractivity contribution in [2.75, 3.05) is 5.73 Å². The number of rotatable bonds is 3. The number of nitrogen functional groups attached to an aromatic ring is 1. The van der Waals surface area contributed by atoms with Gasteiger partial charge in [0.2, 0.25) is 0 Å². The van der Waals surface area contributed by atoms with Crippen molar-refractivity contribution in [1.82, 2.24) is 9.55 Å². The van der Waals surface area contributed by atoms with E-state index in [0.717, 1.165) is 23.5 Å². The highest BCUT2D eigenvalue weighted by Gasteiger charge is 2.40. The molecule has 0 radical (unpaired) electrons. The quantitative estimate of drug-likeness (QED) is 0.840. The molecule has 1 aromatic heterocycles. The average Bonchev–Trinajstić information content (AvgIpc) is 3.10. The van der Waals surface area contributed by atoms with Crippen molar-refractivity contribution >= 4 is 16.7 Å². The fourth-order valence-electron chi connectivity index (χ4n) is 3.00. The Morgan fingerprint density at radius 3 is 2.72 bits per heavy atom. The number of fused-ring (bicyclic) bond motifs is 1. The molecule has 3 nitrogen and oxygen atoms in total. The van der Waals surface area contributed by atoms with Crippen LogP contribution in [0.1, 0.15) is 39.4 Å². The molecule has 1 aliphatic rings. The predicted molar refractivity (Wildman–Crippen MR) is 75.6 cm³/mol. The van der Waals surface area contributed by atoms with E-state index in [-0.39, 0.29) is 5.54 Å². The molecule has 1 heterocycles. The van der Waals surface area contributed by atoms with Crippen LogP contribution in [0.4, 0.5) is 5.69 Å². The number of aryl methyl sites for hydroxylation is 1. The summed E-state index contributed by atoms with van der Waals surface area (Å²) in [4.78, 5) is 4.75. The van der Waals surface area contributed by atoms with Crippen LogP contribution in [0.5, 0.6) is 0 Å². The lowest BCUT2D eigenvalue weighted by Crippen LogP contribution is -2.30. The number of imidazole rings is 1. The van der Waals surface area contributed by atoms with Crippen molar-refractivity contribution in [2.45, 2.75) is 45.6 Å². The summed E-state index contributed by atoms with van der Waals surface area (Å²) in [6.07, 6.45) is 3.64. The topological polar surface area (TPSA) is 43.8 Å². The Kier molecular flexibility index (Phi) is 2.40. The van der Waals surface area contributed by atoms with Crippen molar-refractivity contribution in [2.24, 2.45) is 5.92 Å². The standard InChI is InChI=1S/C15H21N3/c1-4-14-17-12-9-11(16)7-8-13(12)18(14)15(2,3)10-5-6-10/h7-10H,4-6,16H2,1-3H3. The second-order valence-corrected chi connectivity index (χ2v) is 5.89. The van der Waals surface area contributed by atoms with Gasteiger partial charge < -0.3 is 10.3 Å². The zero-order chi connectivity index (χ0) is 12.9. The van der Waals surface area contributed by atoms with Crippen molar-refractivity contribution in [3.63, 3.8) is 0 Å². The van der Waals surface area contributed by atoms with Crippen molar-refractivity contribution < 1.29 is 0 Å². The van der Waals surface area contributed by atoms with E-state index in [1.165, 1.54) is 24.2 Å². The van der Waals surface area contributed by atoms with Gasteiger partial charge in [0.05, 0.1) is 11.0 Å². The number of benzene rings is 1. The molecule has 1 saturated carbocycles. The van der Waals surface area contributed by atoms with Gasteiger partial charge in [-0.25, -0.2) is 4.98 Å². The van der Waals surface area contributed by atoms with E-state index in [9.17, 15) is 0 Å². The first-order chi connectivity index (χ1) is 8.54. The summed E-state index contributed by atoms with van der Waals surface area (Å²) in [5, 5.41) is 0. The maximum atomic E-state index is 5.86. The molecule has 96 valence electrons. The summed E-state index contributed by atoms with van der Waals surface area (Å²) in [5.74, 6) is 1.96. The Bertz CT molecular complexity index is 591. The van der Waals surface area contributed by atoms with Crippen LogP contribution in [0.15, 0.2) is 18.2 Å². The number of nitrogens with two attached hydrogens (primary N) is 1. The minimum absolute atomic E-state index is 0.163. The second kappa shape index (κ2) is 3.74. The van der Waals surface area contributed by atoms with Gasteiger partial charge in [0.15, 0.2) is 0 Å². The van der Waals surface area contributed by atoms with Crippen LogP contribution in [-0.4, -0.2) is 9.55 Å². The minimum atomic E-state index is 0.163. The van der Waals surface area contributed by atoms with Gasteiger partial charge >= 0.3 is 0 Å². The van der Waals surface area contributed by atoms with Crippen LogP contribution in [-0.2, 0) is 12.0 Å². The summed E-state index contributed by atoms with van der Waals surface area (Å²) < 4.78 is 2.43. The van der Waals surface area contributed by atoms with E-state index in [1.807, 2.05) is 12.1 Å². The third-order valence-corrected chi connectivity index (χ3v) is 4.22. The molecule has 1 fully saturated rings. The van der Waals surface area contributed by atoms with Gasteiger partial charge in [-0.05, 0) is 50.8 Å². The first-order valence-corrected chi connectivity index (χ1v) is 6.81. The molecule has 1 aromatic carbocycles. The van der Waals surface area contributed by atoms with Crippen molar-refractivity contribution in [3.8, 4) is 0 Å². The van der Waals surface area contributed by atoms with Crippen LogP contribution in [0, 0.1) is 5.92 Å². The Morgan fingerprint density at radius 2 is 2.11 bits per heavy atom. The zero-order valence-electron chi connectivity index (χ0n) is 11.4. The maximum Gasteiger partial charge on any atom is 0.110 e. The van der Waals surface area contributed by atoms with E-state index in [0.29, 0.717) is 0 Å². The molecule has 0 atom stereocenters. The average molecular weight is 243 g/mol. The maximum absolute atomic E-state index is 5.86. The number of aromatic nitrogens is 2. The van der Waals surface area contributed by atoms with Gasteiger partial charge in [-0.3, -0.25) is 0 Å². The smallest absolute Gasteiger partial charge is 0.110 e. The summed E-state index contributed by atoms with van der Waals surface area (Å²) in [5.41, 5.74) is 9.06. The Labute approximate surface area is 108 Å². The summed E-state index contributed by atoms with van der Waals surface area (Å²) in [6.45, 7) is 6.84. The lowest BCUT2D eigenvalue weighted by atomic mass is 9.97. The molecule has 1 aliphatic carbocycles. The van der Waals surface area contributed by atoms with Crippen LogP contribution in [0.3, 0.4) is 0 Å². The molecule has 0 amide bonds. The van der Waals surface area contributed by atoms with Crippen molar-refractivity contribution in [1.29, 1.82) is 0 Å². The Hall–Kier alpha value is -1.51. The zero-order valence-corrected chi connectivity index (χ0v) is 11.4. The van der Waals surface area contributed by atoms with E-state index < -0.39 is 0 Å². The van der Waals surface area contributed by atoms with Crippen LogP contribution >= 0.6 is 0 Å². The summed E-state index contributed by atoms with van der Waals surface area (Å²) in [7, 11) is 0. The lowest BCUT2D eigenvalue weighted by molar-refractivity contribution is 0.305. The van der Waals surface area contributed by atoms with E-state index >= 15 is 0 Å². The SMILES string of the molecule is CCc1nc2cc(N)ccc2n1C(C)(C)C1CC1. The van der Waals surface area contributed by atoms with Crippen LogP contribution < -0.4 is 5.73 Å². The van der Waals surface area contributed by atoms with Gasteiger partial charge in [-0.15, -0.1) is 0 Å². The highest BCUT2D eigenvalue weighted by atomic mass is 15.1. The molecule has 0 aliphatic heterocycles. The molecule has 2 aromatic rings. The molecule has 3 heteroatoms. The first kappa shape index (κ1) is 11.6. The number of hydrogen-bond donors (Lipinski definition) is 1. The van der Waals surface area contributed by atoms with E-state index in [4.69, 9.17) is 10.7 Å². The van der Waals surface area contributed by atoms with E-state index in [1.54, 1.807) is 0 Å². The molecule has 0 spiro atoms. The van der Waals surface area contributed by atoms with E-state index in [2.05, 4.69) is 31.4 Å². The summed E-state index contributed by atoms with van der Waals surface area (Å²) >= 11 is 0. The molecular weight excluding hydrogens is 222 g/mol. The van der Waals surface area contributed by atoms with Gasteiger partial charge in [-0.1, -0.05) is 6.92 Å². The molecule has 3 rings (SSSR count). The third-order valence-electron chi connectivity index (χ3n) is 4.22. The Balaban J connectivity index is 2.25. The fraction of sp³-hybridized carbons (Fsp3) is 0.533. The molecule has 0 unspecified atom stereocenters. The highest BCUT2D eigenvalue weighted by molar-refractivity contribution is 5.80. The molecule has 0 bridgehead atoms. The number of hydrogen-bond acceptors (Lipinski definition) is 2. The summed E-state index contributed by atoms with van der Waals surface area (Å²) in [6, 6.07) is 6.07. The molecule has 0 saturated heterocycles. The number of nitrogens with zero attached hydrogens (tertiary/aromatic N) is 2. The molecule has 2 N–H and O–H groups in total. The molecular formula is C15H21N3.